The van der Waals surface area contributed by atoms with Crippen LogP contribution in [0.4, 0.5) is 11.4 Å². The smallest absolute Gasteiger partial charge is 0.178 e. The number of Topliss-reactive ketones (excluding diaryl/α,β-unsaturated/α-hetero) is 1. The van der Waals surface area contributed by atoms with E-state index in [1.54, 1.807) is 0 Å². The lowest BCUT2D eigenvalue weighted by molar-refractivity contribution is -0.112. The van der Waals surface area contributed by atoms with Gasteiger partial charge in [-0.2, -0.15) is 5.26 Å². The molecule has 0 atom stereocenters. The fourth-order valence-corrected chi connectivity index (χ4v) is 2.70. The van der Waals surface area contributed by atoms with E-state index in [0.29, 0.717) is 5.57 Å². The molecule has 0 heterocycles. The Bertz CT molecular complexity index is 887. The number of hydrogen-bond donors (Lipinski definition) is 0. The molecule has 0 saturated carbocycles. The summed E-state index contributed by atoms with van der Waals surface area (Å²) in [4.78, 5) is 14.6. The van der Waals surface area contributed by atoms with Crippen LogP contribution in [0.1, 0.15) is 12.0 Å². The molecule has 0 aromatic heterocycles. The molecule has 126 valence electrons. The van der Waals surface area contributed by atoms with Crippen LogP contribution >= 0.6 is 0 Å². The monoisotopic (exact) mass is 338 g/mol. The number of allylic oxidation sites excluding steroid dienone is 1. The summed E-state index contributed by atoms with van der Waals surface area (Å²) in [5.41, 5.74) is 3.19. The van der Waals surface area contributed by atoms with Crippen LogP contribution in [0.25, 0.3) is 5.57 Å². The number of rotatable bonds is 6. The highest BCUT2D eigenvalue weighted by Crippen LogP contribution is 2.28. The normalized spacial score (nSPS) is 10.8. The number of para-hydroxylation sites is 2. The highest BCUT2D eigenvalue weighted by atomic mass is 16.1. The van der Waals surface area contributed by atoms with E-state index >= 15 is 0 Å². The van der Waals surface area contributed by atoms with Gasteiger partial charge in [-0.05, 0) is 29.8 Å². The van der Waals surface area contributed by atoms with Gasteiger partial charge in [-0.25, -0.2) is 0 Å². The van der Waals surface area contributed by atoms with Crippen molar-refractivity contribution in [3.8, 4) is 6.07 Å². The maximum absolute atomic E-state index is 12.6. The Labute approximate surface area is 153 Å². The minimum absolute atomic E-state index is 0.155. The minimum Gasteiger partial charge on any atom is -0.316 e. The number of nitrogens with zero attached hydrogens (tertiary/aromatic N) is 2. The molecule has 0 saturated heterocycles. The fourth-order valence-electron chi connectivity index (χ4n) is 2.70. The van der Waals surface area contributed by atoms with Crippen LogP contribution in [-0.4, -0.2) is 5.78 Å². The van der Waals surface area contributed by atoms with Gasteiger partial charge in [0.05, 0.1) is 12.5 Å². The second-order valence-electron chi connectivity index (χ2n) is 5.71. The molecule has 0 radical (unpaired) electrons. The predicted octanol–water partition coefficient (Wildman–Crippen LogP) is 5.35. The van der Waals surface area contributed by atoms with Crippen LogP contribution in [0.3, 0.4) is 0 Å². The van der Waals surface area contributed by atoms with Crippen LogP contribution < -0.4 is 4.90 Å². The Hall–Kier alpha value is -3.64. The van der Waals surface area contributed by atoms with Gasteiger partial charge in [0.25, 0.3) is 0 Å². The van der Waals surface area contributed by atoms with Gasteiger partial charge in [0, 0.05) is 23.1 Å². The Kier molecular flexibility index (Phi) is 5.59. The van der Waals surface area contributed by atoms with Crippen LogP contribution in [-0.2, 0) is 4.79 Å². The molecule has 0 fully saturated rings. The Morgan fingerprint density at radius 1 is 0.808 bits per heavy atom. The molecule has 3 aromatic rings. The molecule has 0 aliphatic heterocycles. The maximum atomic E-state index is 12.6. The van der Waals surface area contributed by atoms with Gasteiger partial charge in [0.2, 0.25) is 0 Å². The van der Waals surface area contributed by atoms with Gasteiger partial charge < -0.3 is 4.90 Å². The van der Waals surface area contributed by atoms with Crippen molar-refractivity contribution in [3.05, 3.63) is 103 Å². The van der Waals surface area contributed by atoms with Gasteiger partial charge in [0.1, 0.15) is 0 Å². The quantitative estimate of drug-likeness (QED) is 0.569. The van der Waals surface area contributed by atoms with E-state index in [2.05, 4.69) is 0 Å². The van der Waals surface area contributed by atoms with Gasteiger partial charge in [0.15, 0.2) is 5.78 Å². The summed E-state index contributed by atoms with van der Waals surface area (Å²) in [6, 6.07) is 31.1. The number of nitriles is 1. The first-order valence-electron chi connectivity index (χ1n) is 8.36. The second kappa shape index (κ2) is 8.46. The van der Waals surface area contributed by atoms with E-state index < -0.39 is 0 Å². The van der Waals surface area contributed by atoms with Crippen molar-refractivity contribution in [2.75, 3.05) is 4.90 Å². The first kappa shape index (κ1) is 17.2. The van der Waals surface area contributed by atoms with Crippen LogP contribution in [0.15, 0.2) is 97.2 Å². The summed E-state index contributed by atoms with van der Waals surface area (Å²) in [5.74, 6) is -0.199. The van der Waals surface area contributed by atoms with Gasteiger partial charge in [-0.3, -0.25) is 4.79 Å². The van der Waals surface area contributed by atoms with Crippen LogP contribution in [0, 0.1) is 11.3 Å². The lowest BCUT2D eigenvalue weighted by Crippen LogP contribution is -2.12. The molecule has 3 aromatic carbocycles. The van der Waals surface area contributed by atoms with E-state index in [4.69, 9.17) is 5.26 Å². The highest BCUT2D eigenvalue weighted by Gasteiger charge is 2.15. The summed E-state index contributed by atoms with van der Waals surface area (Å²) in [6.45, 7) is 0. The number of hydrogen-bond acceptors (Lipinski definition) is 3. The lowest BCUT2D eigenvalue weighted by atomic mass is 10.0. The zero-order chi connectivity index (χ0) is 18.2. The van der Waals surface area contributed by atoms with E-state index in [1.165, 1.54) is 0 Å². The van der Waals surface area contributed by atoms with E-state index in [9.17, 15) is 4.79 Å². The average molecular weight is 338 g/mol. The van der Waals surface area contributed by atoms with E-state index in [0.717, 1.165) is 16.9 Å². The maximum Gasteiger partial charge on any atom is 0.178 e. The molecule has 0 bridgehead atoms. The number of ketones is 1. The summed E-state index contributed by atoms with van der Waals surface area (Å²) < 4.78 is 0. The number of carbonyl (C=O) groups is 1. The van der Waals surface area contributed by atoms with E-state index in [1.807, 2.05) is 108 Å². The SMILES string of the molecule is N#CCC(=O)/C(=C/N(c1ccccc1)c1ccccc1)c1ccccc1. The molecule has 3 rings (SSSR count). The number of anilines is 2. The fraction of sp³-hybridized carbons (Fsp3) is 0.0435. The van der Waals surface area contributed by atoms with Crippen molar-refractivity contribution in [2.45, 2.75) is 6.42 Å². The molecule has 26 heavy (non-hydrogen) atoms. The third kappa shape index (κ3) is 4.06. The van der Waals surface area contributed by atoms with Crippen molar-refractivity contribution >= 4 is 22.7 Å². The predicted molar refractivity (Wildman–Crippen MR) is 105 cm³/mol. The zero-order valence-corrected chi connectivity index (χ0v) is 14.2. The summed E-state index contributed by atoms with van der Waals surface area (Å²) in [7, 11) is 0. The van der Waals surface area contributed by atoms with Crippen molar-refractivity contribution in [3.63, 3.8) is 0 Å². The largest absolute Gasteiger partial charge is 0.316 e. The summed E-state index contributed by atoms with van der Waals surface area (Å²) in [6.07, 6.45) is 1.66. The minimum atomic E-state index is -0.199. The molecule has 0 aliphatic carbocycles. The standard InChI is InChI=1S/C23H18N2O/c24-17-16-23(26)22(19-10-4-1-5-11-19)18-25(20-12-6-2-7-13-20)21-14-8-3-9-15-21/h1-15,18H,16H2/b22-18+. The number of carbonyl (C=O) groups excluding carboxylic acids is 1. The number of benzene rings is 3. The lowest BCUT2D eigenvalue weighted by Gasteiger charge is -2.22. The van der Waals surface area contributed by atoms with Gasteiger partial charge >= 0.3 is 0 Å². The Balaban J connectivity index is 2.14. The van der Waals surface area contributed by atoms with Crippen LogP contribution in [0.5, 0.6) is 0 Å². The first-order valence-corrected chi connectivity index (χ1v) is 8.36. The van der Waals surface area contributed by atoms with Gasteiger partial charge in [-0.15, -0.1) is 0 Å². The van der Waals surface area contributed by atoms with Gasteiger partial charge in [-0.1, -0.05) is 66.7 Å². The topological polar surface area (TPSA) is 44.1 Å². The summed E-state index contributed by atoms with van der Waals surface area (Å²) in [5, 5.41) is 8.99. The van der Waals surface area contributed by atoms with E-state index in [-0.39, 0.29) is 12.2 Å². The molecule has 3 nitrogen and oxygen atoms in total. The zero-order valence-electron chi connectivity index (χ0n) is 14.2. The molecule has 0 unspecified atom stereocenters. The first-order chi connectivity index (χ1) is 12.8. The molecule has 0 N–H and O–H groups in total. The Morgan fingerprint density at radius 3 is 1.73 bits per heavy atom. The average Bonchev–Trinajstić information content (AvgIpc) is 2.71. The van der Waals surface area contributed by atoms with Crippen molar-refractivity contribution < 1.29 is 4.79 Å². The Morgan fingerprint density at radius 2 is 1.27 bits per heavy atom. The van der Waals surface area contributed by atoms with Crippen molar-refractivity contribution in [1.29, 1.82) is 5.26 Å². The molecule has 3 heteroatoms. The molecular formula is C23H18N2O. The molecule has 0 spiro atoms. The third-order valence-electron chi connectivity index (χ3n) is 3.95. The van der Waals surface area contributed by atoms with Crippen molar-refractivity contribution in [2.24, 2.45) is 0 Å². The van der Waals surface area contributed by atoms with Crippen LogP contribution in [0.2, 0.25) is 0 Å². The molecular weight excluding hydrogens is 320 g/mol. The van der Waals surface area contributed by atoms with Crippen molar-refractivity contribution in [1.82, 2.24) is 0 Å². The summed E-state index contributed by atoms with van der Waals surface area (Å²) >= 11 is 0. The molecule has 0 aliphatic rings. The highest BCUT2D eigenvalue weighted by molar-refractivity contribution is 6.21. The molecule has 0 amide bonds. The third-order valence-corrected chi connectivity index (χ3v) is 3.95. The second-order valence-corrected chi connectivity index (χ2v) is 5.71.